The molecule has 5 rings (SSSR count). The number of piperidine rings is 2. The van der Waals surface area contributed by atoms with Crippen molar-refractivity contribution in [1.29, 1.82) is 0 Å². The lowest BCUT2D eigenvalue weighted by Gasteiger charge is -2.33. The lowest BCUT2D eigenvalue weighted by atomic mass is 9.89. The van der Waals surface area contributed by atoms with E-state index in [0.717, 1.165) is 80.2 Å². The number of fused-ring (bicyclic) bond motifs is 1. The maximum Gasteiger partial charge on any atom is 0.274 e. The molecule has 2 fully saturated rings. The molecule has 0 spiro atoms. The van der Waals surface area contributed by atoms with Crippen molar-refractivity contribution in [3.05, 3.63) is 64.4 Å². The minimum atomic E-state index is -0.0374. The standard InChI is InChI=1S/C30H39N5O2/c1-22-11-19-34(20-12-22)29-27-9-3-4-10-28(27)30(37)35(32-29)16-6-15-33-17-13-24(14-18-33)25-7-5-8-26(21-25)31-23(2)36/h3-5,7-10,21-22,24H,6,11-20H2,1-2H3,(H,31,36). The van der Waals surface area contributed by atoms with E-state index in [1.165, 1.54) is 18.4 Å². The van der Waals surface area contributed by atoms with E-state index in [9.17, 15) is 9.59 Å². The molecule has 2 aliphatic rings. The van der Waals surface area contributed by atoms with Gasteiger partial charge in [0.2, 0.25) is 5.91 Å². The quantitative estimate of drug-likeness (QED) is 0.501. The largest absolute Gasteiger partial charge is 0.355 e. The van der Waals surface area contributed by atoms with Gasteiger partial charge in [0.15, 0.2) is 5.82 Å². The number of hydrogen-bond acceptors (Lipinski definition) is 5. The van der Waals surface area contributed by atoms with Gasteiger partial charge in [0.25, 0.3) is 5.56 Å². The fraction of sp³-hybridized carbons (Fsp3) is 0.500. The zero-order chi connectivity index (χ0) is 25.8. The van der Waals surface area contributed by atoms with Gasteiger partial charge in [-0.25, -0.2) is 4.68 Å². The normalized spacial score (nSPS) is 17.8. The fourth-order valence-corrected chi connectivity index (χ4v) is 5.83. The van der Waals surface area contributed by atoms with E-state index >= 15 is 0 Å². The predicted octanol–water partition coefficient (Wildman–Crippen LogP) is 4.86. The highest BCUT2D eigenvalue weighted by Gasteiger charge is 2.22. The van der Waals surface area contributed by atoms with E-state index in [2.05, 4.69) is 34.2 Å². The van der Waals surface area contributed by atoms with Gasteiger partial charge in [-0.15, -0.1) is 0 Å². The Bertz CT molecular complexity index is 1290. The Hall–Kier alpha value is -3.19. The van der Waals surface area contributed by atoms with Crippen LogP contribution in [0.3, 0.4) is 0 Å². The number of amides is 1. The smallest absolute Gasteiger partial charge is 0.274 e. The number of nitrogens with one attached hydrogen (secondary N) is 1. The van der Waals surface area contributed by atoms with Crippen molar-refractivity contribution in [1.82, 2.24) is 14.7 Å². The number of aromatic nitrogens is 2. The molecule has 0 atom stereocenters. The predicted molar refractivity (Wildman–Crippen MR) is 150 cm³/mol. The Balaban J connectivity index is 1.20. The van der Waals surface area contributed by atoms with Crippen molar-refractivity contribution in [2.45, 2.75) is 58.4 Å². The molecule has 0 radical (unpaired) electrons. The molecule has 1 N–H and O–H groups in total. The first kappa shape index (κ1) is 25.5. The zero-order valence-corrected chi connectivity index (χ0v) is 22.2. The van der Waals surface area contributed by atoms with Gasteiger partial charge in [0, 0.05) is 37.6 Å². The molecule has 1 aromatic heterocycles. The van der Waals surface area contributed by atoms with Crippen LogP contribution in [0.15, 0.2) is 53.3 Å². The van der Waals surface area contributed by atoms with Crippen LogP contribution >= 0.6 is 0 Å². The van der Waals surface area contributed by atoms with Crippen LogP contribution in [0.1, 0.15) is 57.4 Å². The van der Waals surface area contributed by atoms with Gasteiger partial charge < -0.3 is 15.1 Å². The third-order valence-electron chi connectivity index (χ3n) is 8.04. The third-order valence-corrected chi connectivity index (χ3v) is 8.04. The molecule has 37 heavy (non-hydrogen) atoms. The first-order valence-corrected chi connectivity index (χ1v) is 13.8. The Labute approximate surface area is 219 Å². The van der Waals surface area contributed by atoms with E-state index in [0.29, 0.717) is 12.5 Å². The number of rotatable bonds is 7. The average Bonchev–Trinajstić information content (AvgIpc) is 2.91. The summed E-state index contributed by atoms with van der Waals surface area (Å²) in [4.78, 5) is 29.5. The van der Waals surface area contributed by atoms with Gasteiger partial charge in [0.05, 0.1) is 5.39 Å². The van der Waals surface area contributed by atoms with E-state index in [1.54, 1.807) is 11.6 Å². The molecule has 0 unspecified atom stereocenters. The summed E-state index contributed by atoms with van der Waals surface area (Å²) in [6, 6.07) is 16.2. The molecule has 2 aliphatic heterocycles. The molecule has 3 heterocycles. The van der Waals surface area contributed by atoms with Crippen LogP contribution in [0.25, 0.3) is 10.8 Å². The number of benzene rings is 2. The van der Waals surface area contributed by atoms with Gasteiger partial charge in [-0.3, -0.25) is 9.59 Å². The third kappa shape index (κ3) is 6.04. The van der Waals surface area contributed by atoms with Crippen molar-refractivity contribution < 1.29 is 4.79 Å². The number of hydrogen-bond donors (Lipinski definition) is 1. The number of anilines is 2. The Morgan fingerprint density at radius 3 is 2.41 bits per heavy atom. The first-order chi connectivity index (χ1) is 18.0. The van der Waals surface area contributed by atoms with Crippen LogP contribution < -0.4 is 15.8 Å². The van der Waals surface area contributed by atoms with Crippen LogP contribution in [-0.4, -0.2) is 53.3 Å². The lowest BCUT2D eigenvalue weighted by molar-refractivity contribution is -0.114. The fourth-order valence-electron chi connectivity index (χ4n) is 5.83. The minimum Gasteiger partial charge on any atom is -0.355 e. The van der Waals surface area contributed by atoms with Crippen LogP contribution in [0.2, 0.25) is 0 Å². The van der Waals surface area contributed by atoms with Crippen molar-refractivity contribution in [2.24, 2.45) is 5.92 Å². The summed E-state index contributed by atoms with van der Waals surface area (Å²) in [5.41, 5.74) is 2.19. The molecule has 7 heteroatoms. The van der Waals surface area contributed by atoms with Crippen LogP contribution in [0, 0.1) is 5.92 Å². The van der Waals surface area contributed by atoms with Crippen molar-refractivity contribution in [3.63, 3.8) is 0 Å². The zero-order valence-electron chi connectivity index (χ0n) is 22.2. The summed E-state index contributed by atoms with van der Waals surface area (Å²) in [6.07, 6.45) is 5.46. The van der Waals surface area contributed by atoms with E-state index in [4.69, 9.17) is 5.10 Å². The van der Waals surface area contributed by atoms with E-state index in [1.807, 2.05) is 36.4 Å². The summed E-state index contributed by atoms with van der Waals surface area (Å²) in [6.45, 7) is 9.56. The van der Waals surface area contributed by atoms with Crippen LogP contribution in [0.4, 0.5) is 11.5 Å². The van der Waals surface area contributed by atoms with E-state index < -0.39 is 0 Å². The van der Waals surface area contributed by atoms with Gasteiger partial charge in [-0.1, -0.05) is 37.3 Å². The Morgan fingerprint density at radius 1 is 0.946 bits per heavy atom. The summed E-state index contributed by atoms with van der Waals surface area (Å²) < 4.78 is 1.70. The maximum absolute atomic E-state index is 13.2. The number of nitrogens with zero attached hydrogens (tertiary/aromatic N) is 4. The summed E-state index contributed by atoms with van der Waals surface area (Å²) in [7, 11) is 0. The second-order valence-electron chi connectivity index (χ2n) is 10.8. The minimum absolute atomic E-state index is 0.0162. The monoisotopic (exact) mass is 501 g/mol. The van der Waals surface area contributed by atoms with Crippen LogP contribution in [-0.2, 0) is 11.3 Å². The van der Waals surface area contributed by atoms with Gasteiger partial charge in [-0.05, 0) is 87.3 Å². The number of carbonyl (C=O) groups is 1. The van der Waals surface area contributed by atoms with Gasteiger partial charge in [-0.2, -0.15) is 5.10 Å². The van der Waals surface area contributed by atoms with Gasteiger partial charge >= 0.3 is 0 Å². The number of likely N-dealkylation sites (tertiary alicyclic amines) is 1. The summed E-state index contributed by atoms with van der Waals surface area (Å²) in [5, 5.41) is 9.53. The SMILES string of the molecule is CC(=O)Nc1cccc(C2CCN(CCCn3nc(N4CCC(C)CC4)c4ccccc4c3=O)CC2)c1. The molecule has 3 aromatic rings. The van der Waals surface area contributed by atoms with Crippen LogP contribution in [0.5, 0.6) is 0 Å². The molecule has 1 amide bonds. The molecule has 196 valence electrons. The summed E-state index contributed by atoms with van der Waals surface area (Å²) in [5.74, 6) is 2.19. The van der Waals surface area contributed by atoms with E-state index in [-0.39, 0.29) is 11.5 Å². The van der Waals surface area contributed by atoms with Crippen molar-refractivity contribution >= 4 is 28.2 Å². The highest BCUT2D eigenvalue weighted by Crippen LogP contribution is 2.30. The second kappa shape index (κ2) is 11.5. The molecule has 0 aliphatic carbocycles. The Morgan fingerprint density at radius 2 is 1.68 bits per heavy atom. The van der Waals surface area contributed by atoms with Crippen molar-refractivity contribution in [2.75, 3.05) is 42.9 Å². The highest BCUT2D eigenvalue weighted by molar-refractivity contribution is 5.91. The number of carbonyl (C=O) groups excluding carboxylic acids is 1. The molecule has 0 bridgehead atoms. The molecule has 7 nitrogen and oxygen atoms in total. The highest BCUT2D eigenvalue weighted by atomic mass is 16.1. The maximum atomic E-state index is 13.2. The molecular weight excluding hydrogens is 462 g/mol. The average molecular weight is 502 g/mol. The molecular formula is C30H39N5O2. The first-order valence-electron chi connectivity index (χ1n) is 13.8. The topological polar surface area (TPSA) is 70.5 Å². The van der Waals surface area contributed by atoms with Gasteiger partial charge in [0.1, 0.15) is 0 Å². The molecule has 0 saturated carbocycles. The second-order valence-corrected chi connectivity index (χ2v) is 10.8. The lowest BCUT2D eigenvalue weighted by Crippen LogP contribution is -2.37. The molecule has 2 aromatic carbocycles. The molecule has 2 saturated heterocycles. The number of aryl methyl sites for hydroxylation is 1. The Kier molecular flexibility index (Phi) is 7.89. The summed E-state index contributed by atoms with van der Waals surface area (Å²) >= 11 is 0. The van der Waals surface area contributed by atoms with Crippen molar-refractivity contribution in [3.8, 4) is 0 Å².